The fraction of sp³-hybridized carbons (Fsp3) is 0.562. The molecule has 1 atom stereocenters. The first-order valence-corrected chi connectivity index (χ1v) is 7.48. The first-order chi connectivity index (χ1) is 10.2. The minimum absolute atomic E-state index is 0.0440. The zero-order valence-corrected chi connectivity index (χ0v) is 13.1. The summed E-state index contributed by atoms with van der Waals surface area (Å²) in [4.78, 5) is 16.6. The van der Waals surface area contributed by atoms with Crippen LogP contribution in [0.4, 0.5) is 5.69 Å². The molecule has 21 heavy (non-hydrogen) atoms. The Labute approximate surface area is 126 Å². The number of rotatable bonds is 5. The van der Waals surface area contributed by atoms with Crippen molar-refractivity contribution in [2.24, 2.45) is 5.92 Å². The summed E-state index contributed by atoms with van der Waals surface area (Å²) in [5.41, 5.74) is 1.19. The van der Waals surface area contributed by atoms with Crippen LogP contribution in [-0.2, 0) is 4.79 Å². The van der Waals surface area contributed by atoms with Crippen molar-refractivity contribution < 1.29 is 9.53 Å². The minimum Gasteiger partial charge on any atom is -0.497 e. The molecule has 0 aromatic heterocycles. The Hall–Kier alpha value is -1.75. The Morgan fingerprint density at radius 3 is 2.38 bits per heavy atom. The van der Waals surface area contributed by atoms with Gasteiger partial charge in [0.2, 0.25) is 5.91 Å². The summed E-state index contributed by atoms with van der Waals surface area (Å²) < 4.78 is 5.18. The molecule has 2 rings (SSSR count). The van der Waals surface area contributed by atoms with Crippen LogP contribution in [0.3, 0.4) is 0 Å². The van der Waals surface area contributed by atoms with Crippen molar-refractivity contribution >= 4 is 11.6 Å². The highest BCUT2D eigenvalue weighted by Crippen LogP contribution is 2.20. The summed E-state index contributed by atoms with van der Waals surface area (Å²) in [7, 11) is 3.55. The molecular weight excluding hydrogens is 266 g/mol. The quantitative estimate of drug-likeness (QED) is 0.885. The molecule has 0 radical (unpaired) electrons. The lowest BCUT2D eigenvalue weighted by atomic mass is 10.1. The third-order valence-corrected chi connectivity index (χ3v) is 3.96. The number of carbonyl (C=O) groups is 1. The highest BCUT2D eigenvalue weighted by Gasteiger charge is 2.24. The Morgan fingerprint density at radius 2 is 1.86 bits per heavy atom. The number of benzene rings is 1. The van der Waals surface area contributed by atoms with E-state index in [-0.39, 0.29) is 11.8 Å². The van der Waals surface area contributed by atoms with Crippen molar-refractivity contribution in [3.63, 3.8) is 0 Å². The molecule has 1 heterocycles. The standard InChI is InChI=1S/C16H25N3O2/c1-13(12-17-2)16(20)19-10-8-18(9-11-19)14-4-6-15(21-3)7-5-14/h4-7,13,17H,8-12H2,1-3H3. The van der Waals surface area contributed by atoms with Gasteiger partial charge in [-0.2, -0.15) is 0 Å². The molecular formula is C16H25N3O2. The smallest absolute Gasteiger partial charge is 0.226 e. The average Bonchev–Trinajstić information content (AvgIpc) is 2.54. The molecule has 0 spiro atoms. The van der Waals surface area contributed by atoms with Crippen molar-refractivity contribution in [2.75, 3.05) is 51.8 Å². The van der Waals surface area contributed by atoms with Crippen LogP contribution in [0.2, 0.25) is 0 Å². The molecule has 1 aromatic carbocycles. The molecule has 116 valence electrons. The lowest BCUT2D eigenvalue weighted by Crippen LogP contribution is -2.51. The molecule has 1 fully saturated rings. The summed E-state index contributed by atoms with van der Waals surface area (Å²) in [6.45, 7) is 6.05. The number of nitrogens with one attached hydrogen (secondary N) is 1. The Balaban J connectivity index is 1.89. The SMILES string of the molecule is CNCC(C)C(=O)N1CCN(c2ccc(OC)cc2)CC1. The number of nitrogens with zero attached hydrogens (tertiary/aromatic N) is 2. The van der Waals surface area contributed by atoms with Crippen LogP contribution in [0.1, 0.15) is 6.92 Å². The number of carbonyl (C=O) groups excluding carboxylic acids is 1. The number of ether oxygens (including phenoxy) is 1. The van der Waals surface area contributed by atoms with Crippen molar-refractivity contribution in [3.05, 3.63) is 24.3 Å². The Bertz CT molecular complexity index is 453. The first-order valence-electron chi connectivity index (χ1n) is 7.48. The maximum Gasteiger partial charge on any atom is 0.226 e. The van der Waals surface area contributed by atoms with Crippen LogP contribution < -0.4 is 15.0 Å². The lowest BCUT2D eigenvalue weighted by Gasteiger charge is -2.37. The van der Waals surface area contributed by atoms with Crippen LogP contribution in [0.5, 0.6) is 5.75 Å². The lowest BCUT2D eigenvalue weighted by molar-refractivity contribution is -0.135. The summed E-state index contributed by atoms with van der Waals surface area (Å²) in [6.07, 6.45) is 0. The Kier molecular flexibility index (Phi) is 5.44. The highest BCUT2D eigenvalue weighted by molar-refractivity contribution is 5.79. The molecule has 1 aliphatic heterocycles. The van der Waals surface area contributed by atoms with Crippen LogP contribution >= 0.6 is 0 Å². The van der Waals surface area contributed by atoms with Gasteiger partial charge in [-0.05, 0) is 31.3 Å². The van der Waals surface area contributed by atoms with E-state index in [4.69, 9.17) is 4.74 Å². The minimum atomic E-state index is 0.0440. The number of hydrogen-bond acceptors (Lipinski definition) is 4. The average molecular weight is 291 g/mol. The monoisotopic (exact) mass is 291 g/mol. The summed E-state index contributed by atoms with van der Waals surface area (Å²) in [5, 5.41) is 3.06. The highest BCUT2D eigenvalue weighted by atomic mass is 16.5. The number of anilines is 1. The van der Waals surface area contributed by atoms with Gasteiger partial charge in [-0.1, -0.05) is 6.92 Å². The van der Waals surface area contributed by atoms with E-state index in [1.165, 1.54) is 5.69 Å². The fourth-order valence-electron chi connectivity index (χ4n) is 2.68. The molecule has 1 unspecified atom stereocenters. The fourth-order valence-corrected chi connectivity index (χ4v) is 2.68. The van der Waals surface area contributed by atoms with Gasteiger partial charge in [0.25, 0.3) is 0 Å². The molecule has 0 bridgehead atoms. The van der Waals surface area contributed by atoms with Gasteiger partial charge in [-0.25, -0.2) is 0 Å². The van der Waals surface area contributed by atoms with E-state index in [1.807, 2.05) is 31.0 Å². The summed E-state index contributed by atoms with van der Waals surface area (Å²) >= 11 is 0. The van der Waals surface area contributed by atoms with Gasteiger partial charge in [0.1, 0.15) is 5.75 Å². The van der Waals surface area contributed by atoms with Gasteiger partial charge in [0, 0.05) is 44.3 Å². The number of hydrogen-bond donors (Lipinski definition) is 1. The molecule has 1 aromatic rings. The van der Waals surface area contributed by atoms with Gasteiger partial charge in [0.15, 0.2) is 0 Å². The number of piperazine rings is 1. The molecule has 5 nitrogen and oxygen atoms in total. The van der Waals surface area contributed by atoms with Crippen LogP contribution in [0, 0.1) is 5.92 Å². The van der Waals surface area contributed by atoms with Crippen molar-refractivity contribution in [3.8, 4) is 5.75 Å². The van der Waals surface area contributed by atoms with Crippen LogP contribution in [0.15, 0.2) is 24.3 Å². The van der Waals surface area contributed by atoms with E-state index in [2.05, 4.69) is 22.3 Å². The summed E-state index contributed by atoms with van der Waals surface area (Å²) in [6, 6.07) is 8.09. The first kappa shape index (κ1) is 15.6. The number of methoxy groups -OCH3 is 1. The number of amides is 1. The topological polar surface area (TPSA) is 44.8 Å². The van der Waals surface area contributed by atoms with Crippen LogP contribution in [0.25, 0.3) is 0 Å². The summed E-state index contributed by atoms with van der Waals surface area (Å²) in [5.74, 6) is 1.16. The van der Waals surface area contributed by atoms with Gasteiger partial charge < -0.3 is 19.9 Å². The molecule has 0 saturated carbocycles. The predicted molar refractivity (Wildman–Crippen MR) is 84.9 cm³/mol. The van der Waals surface area contributed by atoms with E-state index < -0.39 is 0 Å². The van der Waals surface area contributed by atoms with E-state index in [0.717, 1.165) is 38.5 Å². The second-order valence-corrected chi connectivity index (χ2v) is 5.47. The third-order valence-electron chi connectivity index (χ3n) is 3.96. The van der Waals surface area contributed by atoms with Crippen LogP contribution in [-0.4, -0.2) is 57.7 Å². The maximum atomic E-state index is 12.3. The van der Waals surface area contributed by atoms with Crippen molar-refractivity contribution in [2.45, 2.75) is 6.92 Å². The largest absolute Gasteiger partial charge is 0.497 e. The molecule has 1 amide bonds. The zero-order chi connectivity index (χ0) is 15.2. The van der Waals surface area contributed by atoms with Gasteiger partial charge in [0.05, 0.1) is 7.11 Å². The van der Waals surface area contributed by atoms with Gasteiger partial charge in [-0.3, -0.25) is 4.79 Å². The molecule has 1 saturated heterocycles. The van der Waals surface area contributed by atoms with Gasteiger partial charge >= 0.3 is 0 Å². The predicted octanol–water partition coefficient (Wildman–Crippen LogP) is 1.20. The van der Waals surface area contributed by atoms with Gasteiger partial charge in [-0.15, -0.1) is 0 Å². The second-order valence-electron chi connectivity index (χ2n) is 5.47. The van der Waals surface area contributed by atoms with E-state index in [0.29, 0.717) is 0 Å². The third kappa shape index (κ3) is 3.88. The van der Waals surface area contributed by atoms with E-state index >= 15 is 0 Å². The maximum absolute atomic E-state index is 12.3. The molecule has 1 aliphatic rings. The molecule has 1 N–H and O–H groups in total. The zero-order valence-electron chi connectivity index (χ0n) is 13.1. The van der Waals surface area contributed by atoms with E-state index in [1.54, 1.807) is 7.11 Å². The Morgan fingerprint density at radius 1 is 1.24 bits per heavy atom. The second kappa shape index (κ2) is 7.31. The van der Waals surface area contributed by atoms with Crippen molar-refractivity contribution in [1.29, 1.82) is 0 Å². The van der Waals surface area contributed by atoms with Crippen molar-refractivity contribution in [1.82, 2.24) is 10.2 Å². The normalized spacial score (nSPS) is 16.7. The molecule has 0 aliphatic carbocycles. The van der Waals surface area contributed by atoms with E-state index in [9.17, 15) is 4.79 Å². The molecule has 5 heteroatoms.